The summed E-state index contributed by atoms with van der Waals surface area (Å²) >= 11 is 6.22. The molecule has 6 rings (SSSR count). The first-order valence-corrected chi connectivity index (χ1v) is 13.2. The molecule has 3 aromatic heterocycles. The predicted octanol–water partition coefficient (Wildman–Crippen LogP) is 4.90. The van der Waals surface area contributed by atoms with Crippen molar-refractivity contribution in [1.82, 2.24) is 24.8 Å². The van der Waals surface area contributed by atoms with Crippen LogP contribution in [0.15, 0.2) is 90.1 Å². The molecule has 1 fully saturated rings. The van der Waals surface area contributed by atoms with Gasteiger partial charge in [-0.2, -0.15) is 0 Å². The van der Waals surface area contributed by atoms with Gasteiger partial charge in [-0.05, 0) is 48.2 Å². The number of aromatic nitrogens is 4. The third kappa shape index (κ3) is 5.28. The van der Waals surface area contributed by atoms with E-state index in [9.17, 15) is 9.59 Å². The zero-order chi connectivity index (χ0) is 26.8. The van der Waals surface area contributed by atoms with Crippen molar-refractivity contribution in [3.63, 3.8) is 0 Å². The molecule has 9 heteroatoms. The number of hydrogen-bond acceptors (Lipinski definition) is 5. The monoisotopic (exact) mass is 538 g/mol. The van der Waals surface area contributed by atoms with Gasteiger partial charge in [-0.1, -0.05) is 54.1 Å². The largest absolute Gasteiger partial charge is 0.365 e. The van der Waals surface area contributed by atoms with Crippen molar-refractivity contribution in [2.24, 2.45) is 0 Å². The predicted molar refractivity (Wildman–Crippen MR) is 153 cm³/mol. The number of hydrogen-bond donors (Lipinski definition) is 3. The topological polar surface area (TPSA) is 105 Å². The number of halogens is 1. The highest BCUT2D eigenvalue weighted by molar-refractivity contribution is 6.30. The Hall–Kier alpha value is -4.43. The van der Waals surface area contributed by atoms with Crippen LogP contribution in [0.3, 0.4) is 0 Å². The van der Waals surface area contributed by atoms with Crippen LogP contribution in [0.25, 0.3) is 22.2 Å². The third-order valence-corrected chi connectivity index (χ3v) is 7.50. The Bertz CT molecular complexity index is 1670. The molecule has 1 amide bonds. The molecule has 0 saturated heterocycles. The highest BCUT2D eigenvalue weighted by Crippen LogP contribution is 2.48. The van der Waals surface area contributed by atoms with Crippen LogP contribution in [0.1, 0.15) is 24.1 Å². The number of carbonyl (C=O) groups excluding carboxylic acids is 1. The number of nitrogens with one attached hydrogen (secondary N) is 3. The maximum Gasteiger partial charge on any atom is 0.294 e. The van der Waals surface area contributed by atoms with Crippen LogP contribution in [0, 0.1) is 0 Å². The van der Waals surface area contributed by atoms with Gasteiger partial charge in [0.2, 0.25) is 5.91 Å². The van der Waals surface area contributed by atoms with Gasteiger partial charge in [-0.15, -0.1) is 0 Å². The van der Waals surface area contributed by atoms with Crippen molar-refractivity contribution in [3.05, 3.63) is 112 Å². The van der Waals surface area contributed by atoms with E-state index >= 15 is 0 Å². The minimum atomic E-state index is -0.343. The molecule has 1 aliphatic rings. The minimum absolute atomic E-state index is 0.0750. The van der Waals surface area contributed by atoms with Crippen molar-refractivity contribution in [1.29, 1.82) is 0 Å². The highest BCUT2D eigenvalue weighted by Gasteiger charge is 2.44. The van der Waals surface area contributed by atoms with E-state index in [1.54, 1.807) is 18.6 Å². The lowest BCUT2D eigenvalue weighted by molar-refractivity contribution is -0.121. The fraction of sp³-hybridized carbons (Fsp3) is 0.200. The van der Waals surface area contributed by atoms with Gasteiger partial charge in [-0.3, -0.25) is 19.1 Å². The van der Waals surface area contributed by atoms with Crippen LogP contribution in [0.5, 0.6) is 0 Å². The number of anilines is 1. The Morgan fingerprint density at radius 1 is 1.05 bits per heavy atom. The molecule has 2 aromatic carbocycles. The molecule has 0 unspecified atom stereocenters. The van der Waals surface area contributed by atoms with Crippen LogP contribution in [0.4, 0.5) is 5.82 Å². The molecule has 3 heterocycles. The van der Waals surface area contributed by atoms with E-state index in [4.69, 9.17) is 11.6 Å². The first-order chi connectivity index (χ1) is 19.0. The molecule has 5 aromatic rings. The van der Waals surface area contributed by atoms with Gasteiger partial charge in [0.1, 0.15) is 6.54 Å². The van der Waals surface area contributed by atoms with Crippen LogP contribution < -0.4 is 16.2 Å². The van der Waals surface area contributed by atoms with E-state index in [1.807, 2.05) is 60.7 Å². The summed E-state index contributed by atoms with van der Waals surface area (Å²) in [6.45, 7) is 0.727. The number of aromatic amines is 1. The fourth-order valence-corrected chi connectivity index (χ4v) is 5.11. The highest BCUT2D eigenvalue weighted by atomic mass is 35.5. The summed E-state index contributed by atoms with van der Waals surface area (Å²) < 4.78 is 1.48. The van der Waals surface area contributed by atoms with Gasteiger partial charge in [-0.25, -0.2) is 4.98 Å². The Morgan fingerprint density at radius 3 is 2.67 bits per heavy atom. The lowest BCUT2D eigenvalue weighted by Crippen LogP contribution is -2.35. The summed E-state index contributed by atoms with van der Waals surface area (Å²) in [6, 6.07) is 21.2. The Balaban J connectivity index is 1.23. The molecule has 0 aliphatic heterocycles. The summed E-state index contributed by atoms with van der Waals surface area (Å²) in [5.74, 6) is -0.0558. The zero-order valence-corrected chi connectivity index (χ0v) is 21.9. The maximum absolute atomic E-state index is 13.6. The molecule has 3 N–H and O–H groups in total. The van der Waals surface area contributed by atoms with Crippen LogP contribution >= 0.6 is 11.6 Å². The molecule has 39 heavy (non-hydrogen) atoms. The standard InChI is InChI=1S/C30H27ClN6O2/c31-23-8-4-7-22(14-23)30(10-11-30)19-35-28-29(39)37(26(17-34-28)20-5-2-1-3-6-20)18-27(38)33-16-24-13-21-15-32-12-9-25(21)36-24/h1-9,12-15,17,36H,10-11,16,18-19H2,(H,33,38)(H,34,35). The van der Waals surface area contributed by atoms with Crippen molar-refractivity contribution >= 4 is 34.2 Å². The second kappa shape index (κ2) is 10.4. The molecule has 0 spiro atoms. The van der Waals surface area contributed by atoms with Crippen molar-refractivity contribution in [2.45, 2.75) is 31.3 Å². The summed E-state index contributed by atoms with van der Waals surface area (Å²) in [5, 5.41) is 7.86. The molecule has 196 valence electrons. The number of fused-ring (bicyclic) bond motifs is 1. The average Bonchev–Trinajstić information content (AvgIpc) is 3.63. The second-order valence-electron chi connectivity index (χ2n) is 9.93. The number of pyridine rings is 1. The summed E-state index contributed by atoms with van der Waals surface area (Å²) in [6.07, 6.45) is 7.14. The molecular formula is C30H27ClN6O2. The molecule has 0 atom stereocenters. The summed E-state index contributed by atoms with van der Waals surface area (Å²) in [4.78, 5) is 38.6. The van der Waals surface area contributed by atoms with Gasteiger partial charge in [0.05, 0.1) is 18.4 Å². The lowest BCUT2D eigenvalue weighted by atomic mass is 9.96. The van der Waals surface area contributed by atoms with E-state index in [0.29, 0.717) is 23.8 Å². The summed E-state index contributed by atoms with van der Waals surface area (Å²) in [7, 11) is 0. The molecule has 0 radical (unpaired) electrons. The van der Waals surface area contributed by atoms with Crippen LogP contribution in [-0.2, 0) is 23.3 Å². The number of rotatable bonds is 9. The molecule has 1 saturated carbocycles. The van der Waals surface area contributed by atoms with Gasteiger partial charge < -0.3 is 15.6 Å². The first-order valence-electron chi connectivity index (χ1n) is 12.8. The van der Waals surface area contributed by atoms with Gasteiger partial charge in [0.25, 0.3) is 5.56 Å². The molecule has 0 bridgehead atoms. The number of nitrogens with zero attached hydrogens (tertiary/aromatic N) is 3. The van der Waals surface area contributed by atoms with E-state index < -0.39 is 0 Å². The SMILES string of the molecule is O=C(Cn1c(-c2ccccc2)cnc(NCC2(c3cccc(Cl)c3)CC2)c1=O)NCc1cc2cnccc2[nH]1. The van der Waals surface area contributed by atoms with Crippen LogP contribution in [-0.4, -0.2) is 32.0 Å². The van der Waals surface area contributed by atoms with Gasteiger partial charge in [0.15, 0.2) is 5.82 Å². The van der Waals surface area contributed by atoms with Crippen molar-refractivity contribution < 1.29 is 4.79 Å². The van der Waals surface area contributed by atoms with Crippen molar-refractivity contribution in [2.75, 3.05) is 11.9 Å². The molecule has 8 nitrogen and oxygen atoms in total. The number of amides is 1. The fourth-order valence-electron chi connectivity index (χ4n) is 4.92. The number of carbonyl (C=O) groups is 1. The smallest absolute Gasteiger partial charge is 0.294 e. The van der Waals surface area contributed by atoms with Crippen molar-refractivity contribution in [3.8, 4) is 11.3 Å². The van der Waals surface area contributed by atoms with E-state index in [1.165, 1.54) is 4.57 Å². The number of benzene rings is 2. The Labute approximate surface area is 230 Å². The van der Waals surface area contributed by atoms with Gasteiger partial charge in [0, 0.05) is 46.0 Å². The third-order valence-electron chi connectivity index (χ3n) is 7.26. The average molecular weight is 539 g/mol. The summed E-state index contributed by atoms with van der Waals surface area (Å²) in [5.41, 5.74) is 3.92. The number of H-pyrrole nitrogens is 1. The van der Waals surface area contributed by atoms with E-state index in [-0.39, 0.29) is 29.2 Å². The quantitative estimate of drug-likeness (QED) is 0.247. The van der Waals surface area contributed by atoms with E-state index in [2.05, 4.69) is 31.7 Å². The van der Waals surface area contributed by atoms with Gasteiger partial charge >= 0.3 is 0 Å². The van der Waals surface area contributed by atoms with Crippen LogP contribution in [0.2, 0.25) is 5.02 Å². The molecular weight excluding hydrogens is 512 g/mol. The normalized spacial score (nSPS) is 13.8. The zero-order valence-electron chi connectivity index (χ0n) is 21.2. The maximum atomic E-state index is 13.6. The second-order valence-corrected chi connectivity index (χ2v) is 10.4. The Morgan fingerprint density at radius 2 is 1.90 bits per heavy atom. The minimum Gasteiger partial charge on any atom is -0.365 e. The molecule has 1 aliphatic carbocycles. The first kappa shape index (κ1) is 24.9. The Kier molecular flexibility index (Phi) is 6.62. The lowest BCUT2D eigenvalue weighted by Gasteiger charge is -2.19. The van der Waals surface area contributed by atoms with E-state index in [0.717, 1.165) is 40.6 Å².